The highest BCUT2D eigenvalue weighted by Gasteiger charge is 2.28. The lowest BCUT2D eigenvalue weighted by Gasteiger charge is -2.27. The van der Waals surface area contributed by atoms with E-state index in [0.717, 1.165) is 17.2 Å². The maximum atomic E-state index is 8.99. The number of pyridine rings is 2. The van der Waals surface area contributed by atoms with Crippen LogP contribution in [0.1, 0.15) is 53.2 Å². The van der Waals surface area contributed by atoms with E-state index in [1.807, 2.05) is 26.8 Å². The summed E-state index contributed by atoms with van der Waals surface area (Å²) < 4.78 is 6.32. The van der Waals surface area contributed by atoms with Crippen LogP contribution in [0.3, 0.4) is 0 Å². The first-order chi connectivity index (χ1) is 12.6. The van der Waals surface area contributed by atoms with E-state index in [-0.39, 0.29) is 10.9 Å². The quantitative estimate of drug-likeness (QED) is 0.216. The molecule has 27 heavy (non-hydrogen) atoms. The second-order valence-electron chi connectivity index (χ2n) is 7.45. The summed E-state index contributed by atoms with van der Waals surface area (Å²) in [5, 5.41) is 6.02. The number of thioether (sulfide) groups is 1. The van der Waals surface area contributed by atoms with Gasteiger partial charge in [0.25, 0.3) is 0 Å². The predicted molar refractivity (Wildman–Crippen MR) is 114 cm³/mol. The van der Waals surface area contributed by atoms with Crippen molar-refractivity contribution in [3.8, 4) is 5.88 Å². The van der Waals surface area contributed by atoms with Crippen molar-refractivity contribution in [2.45, 2.75) is 63.9 Å². The minimum Gasteiger partial charge on any atom is -0.474 e. The Balaban J connectivity index is 2.55. The van der Waals surface area contributed by atoms with Crippen molar-refractivity contribution in [3.63, 3.8) is 0 Å². The van der Waals surface area contributed by atoms with Gasteiger partial charge in [0.2, 0.25) is 5.88 Å². The van der Waals surface area contributed by atoms with E-state index in [4.69, 9.17) is 26.9 Å². The Morgan fingerprint density at radius 2 is 2.07 bits per heavy atom. The number of fused-ring (bicyclic) bond motifs is 1. The first kappa shape index (κ1) is 21.6. The van der Waals surface area contributed by atoms with E-state index in [0.29, 0.717) is 23.1 Å². The van der Waals surface area contributed by atoms with E-state index < -0.39 is 5.54 Å². The van der Waals surface area contributed by atoms with Crippen LogP contribution in [0.2, 0.25) is 5.15 Å². The molecule has 2 rings (SSSR count). The number of rotatable bonds is 8. The molecule has 0 aliphatic rings. The topological polar surface area (TPSA) is 83.8 Å². The van der Waals surface area contributed by atoms with Crippen molar-refractivity contribution in [3.05, 3.63) is 39.6 Å². The van der Waals surface area contributed by atoms with Crippen LogP contribution < -0.4 is 4.74 Å². The normalized spacial score (nSPS) is 15.1. The molecule has 0 saturated carbocycles. The van der Waals surface area contributed by atoms with E-state index in [9.17, 15) is 0 Å². The van der Waals surface area contributed by atoms with E-state index in [2.05, 4.69) is 35.1 Å². The van der Waals surface area contributed by atoms with Crippen LogP contribution >= 0.6 is 23.4 Å². The fourth-order valence-corrected chi connectivity index (χ4v) is 3.43. The zero-order valence-electron chi connectivity index (χ0n) is 16.7. The molecule has 0 aliphatic carbocycles. The van der Waals surface area contributed by atoms with Gasteiger partial charge in [-0.1, -0.05) is 37.5 Å². The summed E-state index contributed by atoms with van der Waals surface area (Å²) in [6.45, 7) is 10.2. The molecule has 0 fully saturated rings. The van der Waals surface area contributed by atoms with Crippen molar-refractivity contribution in [2.24, 2.45) is 5.11 Å². The summed E-state index contributed by atoms with van der Waals surface area (Å²) in [6.07, 6.45) is 5.21. The number of aromatic nitrogens is 2. The molecule has 0 aliphatic heterocycles. The zero-order chi connectivity index (χ0) is 20.2. The maximum absolute atomic E-state index is 8.99. The number of nitrogens with zero attached hydrogens (tertiary/aromatic N) is 5. The Labute approximate surface area is 169 Å². The third kappa shape index (κ3) is 5.18. The Morgan fingerprint density at radius 1 is 1.37 bits per heavy atom. The summed E-state index contributed by atoms with van der Waals surface area (Å²) in [5.41, 5.74) is 8.88. The van der Waals surface area contributed by atoms with E-state index in [1.165, 1.54) is 0 Å². The highest BCUT2D eigenvalue weighted by Crippen LogP contribution is 2.35. The standard InChI is InChI=1S/C19H26ClN5OS/c1-7-19(5,24-25-21)15-8-13-9-16(20)22-11-14(13)17(23-15)26-12(2)10-18(3,4)27-6/h8-9,11-12H,7,10H2,1-6H3/t12-,19-/m1/s1. The van der Waals surface area contributed by atoms with E-state index >= 15 is 0 Å². The summed E-state index contributed by atoms with van der Waals surface area (Å²) >= 11 is 7.89. The highest BCUT2D eigenvalue weighted by molar-refractivity contribution is 7.99. The van der Waals surface area contributed by atoms with Gasteiger partial charge in [-0.25, -0.2) is 9.97 Å². The van der Waals surface area contributed by atoms with Crippen LogP contribution in [0.25, 0.3) is 21.2 Å². The first-order valence-electron chi connectivity index (χ1n) is 8.89. The van der Waals surface area contributed by atoms with Crippen molar-refractivity contribution in [2.75, 3.05) is 6.26 Å². The van der Waals surface area contributed by atoms with Gasteiger partial charge in [-0.05, 0) is 56.0 Å². The molecule has 0 radical (unpaired) electrons. The predicted octanol–water partition coefficient (Wildman–Crippen LogP) is 6.52. The van der Waals surface area contributed by atoms with Gasteiger partial charge in [0, 0.05) is 15.9 Å². The summed E-state index contributed by atoms with van der Waals surface area (Å²) in [6, 6.07) is 3.67. The van der Waals surface area contributed by atoms with Crippen molar-refractivity contribution in [1.29, 1.82) is 0 Å². The van der Waals surface area contributed by atoms with Crippen LogP contribution in [0.15, 0.2) is 23.4 Å². The van der Waals surface area contributed by atoms with Gasteiger partial charge in [-0.3, -0.25) is 0 Å². The van der Waals surface area contributed by atoms with Crippen molar-refractivity contribution in [1.82, 2.24) is 9.97 Å². The molecule has 0 N–H and O–H groups in total. The van der Waals surface area contributed by atoms with Crippen molar-refractivity contribution < 1.29 is 4.74 Å². The molecule has 0 spiro atoms. The Morgan fingerprint density at radius 3 is 2.67 bits per heavy atom. The smallest absolute Gasteiger partial charge is 0.223 e. The van der Waals surface area contributed by atoms with E-state index in [1.54, 1.807) is 24.0 Å². The summed E-state index contributed by atoms with van der Waals surface area (Å²) in [5.74, 6) is 0.490. The average Bonchev–Trinajstić information content (AvgIpc) is 2.60. The second-order valence-corrected chi connectivity index (χ2v) is 9.35. The molecule has 0 saturated heterocycles. The van der Waals surface area contributed by atoms with Crippen LogP contribution in [0.5, 0.6) is 5.88 Å². The minimum absolute atomic E-state index is 0.0403. The molecule has 146 valence electrons. The molecular formula is C19H26ClN5OS. The Bertz CT molecular complexity index is 869. The third-order valence-electron chi connectivity index (χ3n) is 4.80. The molecule has 8 heteroatoms. The Kier molecular flexibility index (Phi) is 6.84. The van der Waals surface area contributed by atoms with Gasteiger partial charge in [0.1, 0.15) is 5.15 Å². The molecule has 0 bridgehead atoms. The number of hydrogen-bond donors (Lipinski definition) is 0. The molecule has 2 atom stereocenters. The number of hydrogen-bond acceptors (Lipinski definition) is 5. The SMILES string of the molecule is CC[C@@](C)(N=[N+]=[N-])c1cc2cc(Cl)ncc2c(O[C@H](C)CC(C)(C)SC)n1. The van der Waals surface area contributed by atoms with Crippen LogP contribution in [-0.4, -0.2) is 27.1 Å². The molecule has 0 unspecified atom stereocenters. The van der Waals surface area contributed by atoms with Gasteiger partial charge < -0.3 is 4.74 Å². The molecule has 2 aromatic heterocycles. The largest absolute Gasteiger partial charge is 0.474 e. The second kappa shape index (κ2) is 8.55. The molecule has 2 heterocycles. The Hall–Kier alpha value is -1.69. The number of halogens is 1. The lowest BCUT2D eigenvalue weighted by molar-refractivity contribution is 0.193. The summed E-state index contributed by atoms with van der Waals surface area (Å²) in [4.78, 5) is 11.9. The van der Waals surface area contributed by atoms with Gasteiger partial charge in [0.15, 0.2) is 0 Å². The van der Waals surface area contributed by atoms with Crippen LogP contribution in [0, 0.1) is 0 Å². The molecule has 0 aromatic carbocycles. The minimum atomic E-state index is -0.765. The first-order valence-corrected chi connectivity index (χ1v) is 10.5. The summed E-state index contributed by atoms with van der Waals surface area (Å²) in [7, 11) is 0. The lowest BCUT2D eigenvalue weighted by Crippen LogP contribution is -2.26. The molecular weight excluding hydrogens is 382 g/mol. The molecule has 0 amide bonds. The lowest BCUT2D eigenvalue weighted by atomic mass is 9.94. The molecule has 2 aromatic rings. The number of azide groups is 1. The van der Waals surface area contributed by atoms with Gasteiger partial charge in [-0.15, -0.1) is 0 Å². The average molecular weight is 408 g/mol. The van der Waals surface area contributed by atoms with Crippen molar-refractivity contribution >= 4 is 34.1 Å². The monoisotopic (exact) mass is 407 g/mol. The zero-order valence-corrected chi connectivity index (χ0v) is 18.2. The van der Waals surface area contributed by atoms with Crippen LogP contribution in [0.4, 0.5) is 0 Å². The van der Waals surface area contributed by atoms with Gasteiger partial charge >= 0.3 is 0 Å². The van der Waals surface area contributed by atoms with Gasteiger partial charge in [0.05, 0.1) is 22.7 Å². The van der Waals surface area contributed by atoms with Gasteiger partial charge in [-0.2, -0.15) is 11.8 Å². The molecule has 6 nitrogen and oxygen atoms in total. The highest BCUT2D eigenvalue weighted by atomic mass is 35.5. The third-order valence-corrected chi connectivity index (χ3v) is 6.28. The maximum Gasteiger partial charge on any atom is 0.223 e. The number of ether oxygens (including phenoxy) is 1. The van der Waals surface area contributed by atoms with Crippen LogP contribution in [-0.2, 0) is 5.54 Å². The fraction of sp³-hybridized carbons (Fsp3) is 0.579. The fourth-order valence-electron chi connectivity index (χ4n) is 2.87.